The molecule has 1 aromatic heterocycles. The minimum atomic E-state index is -0.648. The average molecular weight is 361 g/mol. The van der Waals surface area contributed by atoms with Crippen LogP contribution in [0, 0.1) is 16.7 Å². The molecule has 4 atom stereocenters. The van der Waals surface area contributed by atoms with Crippen molar-refractivity contribution in [3.63, 3.8) is 0 Å². The lowest BCUT2D eigenvalue weighted by molar-refractivity contribution is -0.210. The molecule has 1 aromatic rings. The summed E-state index contributed by atoms with van der Waals surface area (Å²) in [5, 5.41) is 15.1. The molecule has 6 heteroatoms. The van der Waals surface area contributed by atoms with Gasteiger partial charge in [0.1, 0.15) is 0 Å². The first-order chi connectivity index (χ1) is 12.3. The van der Waals surface area contributed by atoms with Crippen LogP contribution >= 0.6 is 0 Å². The fourth-order valence-corrected chi connectivity index (χ4v) is 6.54. The number of hydrogen-bond acceptors (Lipinski definition) is 5. The maximum atomic E-state index is 13.6. The third-order valence-corrected chi connectivity index (χ3v) is 7.18. The summed E-state index contributed by atoms with van der Waals surface area (Å²) < 4.78 is 5.31. The van der Waals surface area contributed by atoms with Gasteiger partial charge in [0.2, 0.25) is 11.8 Å². The van der Waals surface area contributed by atoms with Crippen LogP contribution in [0.15, 0.2) is 4.52 Å². The van der Waals surface area contributed by atoms with Crippen molar-refractivity contribution in [1.29, 1.82) is 0 Å². The topological polar surface area (TPSA) is 79.5 Å². The summed E-state index contributed by atoms with van der Waals surface area (Å²) in [6.45, 7) is 7.19. The van der Waals surface area contributed by atoms with Crippen LogP contribution in [0.4, 0.5) is 0 Å². The van der Waals surface area contributed by atoms with E-state index >= 15 is 0 Å². The monoisotopic (exact) mass is 361 g/mol. The van der Waals surface area contributed by atoms with Crippen LogP contribution in [0.1, 0.15) is 77.4 Å². The molecule has 1 amide bonds. The van der Waals surface area contributed by atoms with Gasteiger partial charge in [0, 0.05) is 13.0 Å². The highest BCUT2D eigenvalue weighted by atomic mass is 16.5. The molecule has 5 rings (SSSR count). The number of hydrogen-bond donors (Lipinski definition) is 1. The van der Waals surface area contributed by atoms with Gasteiger partial charge in [-0.2, -0.15) is 4.98 Å². The summed E-state index contributed by atoms with van der Waals surface area (Å²) >= 11 is 0. The van der Waals surface area contributed by atoms with Crippen molar-refractivity contribution in [3.05, 3.63) is 11.7 Å². The molecule has 144 valence electrons. The van der Waals surface area contributed by atoms with Gasteiger partial charge < -0.3 is 14.5 Å². The molecular formula is C20H31N3O3. The van der Waals surface area contributed by atoms with Gasteiger partial charge in [-0.25, -0.2) is 0 Å². The summed E-state index contributed by atoms with van der Waals surface area (Å²) in [5.74, 6) is 1.84. The van der Waals surface area contributed by atoms with Crippen molar-refractivity contribution in [2.45, 2.75) is 84.3 Å². The molecule has 1 heterocycles. The van der Waals surface area contributed by atoms with E-state index in [0.29, 0.717) is 37.1 Å². The third kappa shape index (κ3) is 2.77. The second kappa shape index (κ2) is 6.04. The lowest BCUT2D eigenvalue weighted by Crippen LogP contribution is -2.64. The summed E-state index contributed by atoms with van der Waals surface area (Å²) in [4.78, 5) is 19.9. The van der Waals surface area contributed by atoms with E-state index in [1.807, 2.05) is 18.7 Å². The first-order valence-electron chi connectivity index (χ1n) is 10.2. The van der Waals surface area contributed by atoms with E-state index in [4.69, 9.17) is 4.52 Å². The summed E-state index contributed by atoms with van der Waals surface area (Å²) in [6.07, 6.45) is 7.17. The van der Waals surface area contributed by atoms with Gasteiger partial charge in [0.15, 0.2) is 5.82 Å². The highest BCUT2D eigenvalue weighted by molar-refractivity contribution is 5.83. The predicted molar refractivity (Wildman–Crippen MR) is 96.1 cm³/mol. The molecule has 26 heavy (non-hydrogen) atoms. The number of nitrogens with zero attached hydrogens (tertiary/aromatic N) is 3. The molecular weight excluding hydrogens is 330 g/mol. The fraction of sp³-hybridized carbons (Fsp3) is 0.850. The van der Waals surface area contributed by atoms with Crippen molar-refractivity contribution >= 4 is 5.91 Å². The van der Waals surface area contributed by atoms with E-state index in [1.54, 1.807) is 0 Å². The van der Waals surface area contributed by atoms with Gasteiger partial charge in [-0.15, -0.1) is 0 Å². The molecule has 4 fully saturated rings. The van der Waals surface area contributed by atoms with E-state index in [1.165, 1.54) is 6.42 Å². The first kappa shape index (κ1) is 18.0. The van der Waals surface area contributed by atoms with Gasteiger partial charge in [-0.1, -0.05) is 25.4 Å². The van der Waals surface area contributed by atoms with Crippen LogP contribution in [-0.2, 0) is 17.8 Å². The molecule has 4 aliphatic rings. The minimum Gasteiger partial charge on any atom is -0.390 e. The Bertz CT molecular complexity index is 704. The van der Waals surface area contributed by atoms with Crippen LogP contribution in [-0.4, -0.2) is 38.2 Å². The van der Waals surface area contributed by atoms with E-state index in [-0.39, 0.29) is 11.3 Å². The fourth-order valence-electron chi connectivity index (χ4n) is 6.54. The number of carbonyl (C=O) groups is 1. The Kier molecular flexibility index (Phi) is 4.17. The molecule has 0 unspecified atom stereocenters. The minimum absolute atomic E-state index is 0.142. The highest BCUT2D eigenvalue weighted by Gasteiger charge is 2.65. The maximum absolute atomic E-state index is 13.6. The van der Waals surface area contributed by atoms with E-state index in [0.717, 1.165) is 38.5 Å². The van der Waals surface area contributed by atoms with E-state index in [2.05, 4.69) is 17.1 Å². The van der Waals surface area contributed by atoms with Crippen molar-refractivity contribution in [3.8, 4) is 0 Å². The van der Waals surface area contributed by atoms with E-state index < -0.39 is 11.0 Å². The van der Waals surface area contributed by atoms with Crippen LogP contribution in [0.2, 0.25) is 0 Å². The zero-order chi connectivity index (χ0) is 18.6. The lowest BCUT2D eigenvalue weighted by atomic mass is 9.42. The van der Waals surface area contributed by atoms with E-state index in [9.17, 15) is 9.90 Å². The van der Waals surface area contributed by atoms with Crippen molar-refractivity contribution in [1.82, 2.24) is 15.0 Å². The van der Waals surface area contributed by atoms with Gasteiger partial charge in [0.25, 0.3) is 0 Å². The second-order valence-corrected chi connectivity index (χ2v) is 9.14. The Labute approximate surface area is 155 Å². The summed E-state index contributed by atoms with van der Waals surface area (Å²) in [5.41, 5.74) is -0.915. The Morgan fingerprint density at radius 1 is 1.23 bits per heavy atom. The normalized spacial score (nSPS) is 37.9. The van der Waals surface area contributed by atoms with Crippen molar-refractivity contribution in [2.75, 3.05) is 6.54 Å². The number of aromatic nitrogens is 2. The largest absolute Gasteiger partial charge is 0.390 e. The first-order valence-corrected chi connectivity index (χ1v) is 10.2. The average Bonchev–Trinajstić information content (AvgIpc) is 3.04. The zero-order valence-electron chi connectivity index (χ0n) is 16.3. The third-order valence-electron chi connectivity index (χ3n) is 7.18. The molecule has 0 spiro atoms. The smallest absolute Gasteiger partial charge is 0.246 e. The van der Waals surface area contributed by atoms with Crippen LogP contribution < -0.4 is 0 Å². The molecule has 4 bridgehead atoms. The highest BCUT2D eigenvalue weighted by Crippen LogP contribution is 2.68. The Morgan fingerprint density at radius 3 is 2.65 bits per heavy atom. The van der Waals surface area contributed by atoms with Crippen molar-refractivity contribution < 1.29 is 14.4 Å². The number of amides is 1. The Hall–Kier alpha value is -1.43. The summed E-state index contributed by atoms with van der Waals surface area (Å²) in [7, 11) is 0. The number of carbonyl (C=O) groups excluding carboxylic acids is 1. The summed E-state index contributed by atoms with van der Waals surface area (Å²) in [6, 6.07) is 0. The maximum Gasteiger partial charge on any atom is 0.246 e. The molecule has 4 aliphatic carbocycles. The van der Waals surface area contributed by atoms with Gasteiger partial charge >= 0.3 is 0 Å². The standard InChI is InChI=1S/C20H31N3O3/c1-4-15-21-16(26-22-15)10-23(6-3)17(24)19-8-14-7-18(5-2,11-19)12-20(25,9-14)13-19/h14,25H,4-13H2,1-3H3/t14-,18+,19-,20-/m1/s1. The number of aliphatic hydroxyl groups is 1. The molecule has 0 aliphatic heterocycles. The number of rotatable bonds is 6. The van der Waals surface area contributed by atoms with Gasteiger partial charge in [-0.3, -0.25) is 4.79 Å². The quantitative estimate of drug-likeness (QED) is 0.842. The molecule has 0 saturated heterocycles. The molecule has 4 saturated carbocycles. The Morgan fingerprint density at radius 2 is 2.04 bits per heavy atom. The molecule has 1 N–H and O–H groups in total. The SMILES string of the molecule is CCc1noc(CN(CC)C(=O)[C@]23C[C@@H]4C[C@@](O)(C[C@@](CC)(C4)C2)C3)n1. The number of aryl methyl sites for hydroxylation is 1. The van der Waals surface area contributed by atoms with Crippen LogP contribution in [0.5, 0.6) is 0 Å². The zero-order valence-corrected chi connectivity index (χ0v) is 16.3. The van der Waals surface area contributed by atoms with Crippen LogP contribution in [0.3, 0.4) is 0 Å². The molecule has 0 aromatic carbocycles. The second-order valence-electron chi connectivity index (χ2n) is 9.14. The van der Waals surface area contributed by atoms with Gasteiger partial charge in [0.05, 0.1) is 17.6 Å². The molecule has 6 nitrogen and oxygen atoms in total. The lowest BCUT2D eigenvalue weighted by Gasteiger charge is -2.64. The Balaban J connectivity index is 1.59. The van der Waals surface area contributed by atoms with Gasteiger partial charge in [-0.05, 0) is 56.8 Å². The van der Waals surface area contributed by atoms with Crippen LogP contribution in [0.25, 0.3) is 0 Å². The predicted octanol–water partition coefficient (Wildman–Crippen LogP) is 3.09. The molecule has 0 radical (unpaired) electrons. The van der Waals surface area contributed by atoms with Crippen molar-refractivity contribution in [2.24, 2.45) is 16.7 Å².